The molecule has 0 aliphatic rings. The van der Waals surface area contributed by atoms with Gasteiger partial charge in [-0.1, -0.05) is 30.3 Å². The van der Waals surface area contributed by atoms with E-state index in [1.165, 1.54) is 6.26 Å². The SMILES string of the molecule is OC(c1ccoc1)c1cn[nH]c1-c1ccccc1. The lowest BCUT2D eigenvalue weighted by Crippen LogP contribution is -1.98. The van der Waals surface area contributed by atoms with E-state index in [0.717, 1.165) is 16.8 Å². The second kappa shape index (κ2) is 4.50. The molecule has 0 saturated heterocycles. The van der Waals surface area contributed by atoms with Gasteiger partial charge in [0.15, 0.2) is 0 Å². The van der Waals surface area contributed by atoms with Crippen LogP contribution in [0.2, 0.25) is 0 Å². The number of aromatic amines is 1. The third-order valence-corrected chi connectivity index (χ3v) is 2.88. The van der Waals surface area contributed by atoms with Crippen LogP contribution in [-0.2, 0) is 0 Å². The second-order valence-corrected chi connectivity index (χ2v) is 4.03. The third-order valence-electron chi connectivity index (χ3n) is 2.88. The Kier molecular flexibility index (Phi) is 2.70. The molecule has 90 valence electrons. The van der Waals surface area contributed by atoms with Crippen molar-refractivity contribution in [2.45, 2.75) is 6.10 Å². The van der Waals surface area contributed by atoms with Gasteiger partial charge in [-0.05, 0) is 11.6 Å². The zero-order valence-electron chi connectivity index (χ0n) is 9.58. The fourth-order valence-corrected chi connectivity index (χ4v) is 1.95. The molecule has 2 aromatic heterocycles. The maximum atomic E-state index is 10.3. The van der Waals surface area contributed by atoms with Crippen LogP contribution < -0.4 is 0 Å². The van der Waals surface area contributed by atoms with Gasteiger partial charge < -0.3 is 9.52 Å². The molecular formula is C14H12N2O2. The Bertz CT molecular complexity index is 614. The molecule has 0 amide bonds. The molecule has 4 nitrogen and oxygen atoms in total. The minimum absolute atomic E-state index is 0.716. The number of hydrogen-bond donors (Lipinski definition) is 2. The lowest BCUT2D eigenvalue weighted by Gasteiger charge is -2.08. The number of rotatable bonds is 3. The lowest BCUT2D eigenvalue weighted by atomic mass is 10.0. The van der Waals surface area contributed by atoms with Crippen molar-refractivity contribution in [2.24, 2.45) is 0 Å². The fraction of sp³-hybridized carbons (Fsp3) is 0.0714. The zero-order chi connectivity index (χ0) is 12.4. The van der Waals surface area contributed by atoms with Crippen LogP contribution in [0.4, 0.5) is 0 Å². The summed E-state index contributed by atoms with van der Waals surface area (Å²) in [5.41, 5.74) is 3.27. The van der Waals surface area contributed by atoms with Gasteiger partial charge in [-0.2, -0.15) is 5.10 Å². The van der Waals surface area contributed by atoms with E-state index in [2.05, 4.69) is 10.2 Å². The number of aliphatic hydroxyl groups excluding tert-OH is 1. The Morgan fingerprint density at radius 2 is 2.00 bits per heavy atom. The number of aromatic nitrogens is 2. The van der Waals surface area contributed by atoms with Gasteiger partial charge in [0, 0.05) is 11.1 Å². The number of nitrogens with one attached hydrogen (secondary N) is 1. The second-order valence-electron chi connectivity index (χ2n) is 4.03. The van der Waals surface area contributed by atoms with Crippen molar-refractivity contribution >= 4 is 0 Å². The molecule has 0 aliphatic carbocycles. The van der Waals surface area contributed by atoms with Crippen LogP contribution in [0.1, 0.15) is 17.2 Å². The standard InChI is InChI=1S/C14H12N2O2/c17-14(11-6-7-18-9-11)12-8-15-16-13(12)10-4-2-1-3-5-10/h1-9,14,17H,(H,15,16). The molecule has 0 aliphatic heterocycles. The molecule has 0 radical (unpaired) electrons. The summed E-state index contributed by atoms with van der Waals surface area (Å²) in [6.45, 7) is 0. The van der Waals surface area contributed by atoms with E-state index in [4.69, 9.17) is 4.42 Å². The molecule has 2 N–H and O–H groups in total. The van der Waals surface area contributed by atoms with Crippen LogP contribution in [0.15, 0.2) is 59.5 Å². The van der Waals surface area contributed by atoms with E-state index in [1.54, 1.807) is 18.5 Å². The predicted octanol–water partition coefficient (Wildman–Crippen LogP) is 2.75. The normalized spacial score (nSPS) is 12.5. The summed E-state index contributed by atoms with van der Waals surface area (Å²) in [5, 5.41) is 17.2. The highest BCUT2D eigenvalue weighted by Crippen LogP contribution is 2.29. The molecule has 0 bridgehead atoms. The smallest absolute Gasteiger partial charge is 0.111 e. The van der Waals surface area contributed by atoms with Gasteiger partial charge in [-0.3, -0.25) is 5.10 Å². The van der Waals surface area contributed by atoms with Crippen LogP contribution >= 0.6 is 0 Å². The van der Waals surface area contributed by atoms with Crippen molar-refractivity contribution in [3.05, 3.63) is 66.2 Å². The lowest BCUT2D eigenvalue weighted by molar-refractivity contribution is 0.220. The van der Waals surface area contributed by atoms with E-state index in [1.807, 2.05) is 30.3 Å². The van der Waals surface area contributed by atoms with Gasteiger partial charge in [0.05, 0.1) is 24.4 Å². The molecule has 1 unspecified atom stereocenters. The molecule has 0 spiro atoms. The first-order valence-corrected chi connectivity index (χ1v) is 5.65. The van der Waals surface area contributed by atoms with Gasteiger partial charge in [-0.25, -0.2) is 0 Å². The zero-order valence-corrected chi connectivity index (χ0v) is 9.58. The van der Waals surface area contributed by atoms with Crippen molar-refractivity contribution in [1.82, 2.24) is 10.2 Å². The minimum atomic E-state index is -0.738. The highest BCUT2D eigenvalue weighted by molar-refractivity contribution is 5.63. The molecule has 2 heterocycles. The van der Waals surface area contributed by atoms with Gasteiger partial charge in [0.25, 0.3) is 0 Å². The molecular weight excluding hydrogens is 228 g/mol. The number of hydrogen-bond acceptors (Lipinski definition) is 3. The molecule has 4 heteroatoms. The van der Waals surface area contributed by atoms with Crippen LogP contribution in [0.25, 0.3) is 11.3 Å². The summed E-state index contributed by atoms with van der Waals surface area (Å²) in [6.07, 6.45) is 3.98. The third kappa shape index (κ3) is 1.83. The summed E-state index contributed by atoms with van der Waals surface area (Å²) in [5.74, 6) is 0. The number of furan rings is 1. The van der Waals surface area contributed by atoms with Crippen molar-refractivity contribution in [3.8, 4) is 11.3 Å². The van der Waals surface area contributed by atoms with Gasteiger partial charge in [0.2, 0.25) is 0 Å². The Morgan fingerprint density at radius 3 is 2.72 bits per heavy atom. The monoisotopic (exact) mass is 240 g/mol. The average Bonchev–Trinajstić information content (AvgIpc) is 3.10. The molecule has 0 fully saturated rings. The van der Waals surface area contributed by atoms with Gasteiger partial charge >= 0.3 is 0 Å². The first kappa shape index (κ1) is 10.8. The van der Waals surface area contributed by atoms with Crippen LogP contribution in [0.3, 0.4) is 0 Å². The summed E-state index contributed by atoms with van der Waals surface area (Å²) in [7, 11) is 0. The van der Waals surface area contributed by atoms with E-state index in [-0.39, 0.29) is 0 Å². The number of aliphatic hydroxyl groups is 1. The van der Waals surface area contributed by atoms with Crippen molar-refractivity contribution in [3.63, 3.8) is 0 Å². The Morgan fingerprint density at radius 1 is 1.17 bits per heavy atom. The minimum Gasteiger partial charge on any atom is -0.472 e. The molecule has 3 aromatic rings. The van der Waals surface area contributed by atoms with Gasteiger partial charge in [-0.15, -0.1) is 0 Å². The Balaban J connectivity index is 2.02. The number of benzene rings is 1. The quantitative estimate of drug-likeness (QED) is 0.740. The van der Waals surface area contributed by atoms with Crippen molar-refractivity contribution < 1.29 is 9.52 Å². The Labute approximate surface area is 104 Å². The van der Waals surface area contributed by atoms with E-state index in [9.17, 15) is 5.11 Å². The van der Waals surface area contributed by atoms with Crippen LogP contribution in [0.5, 0.6) is 0 Å². The summed E-state index contributed by atoms with van der Waals surface area (Å²) >= 11 is 0. The highest BCUT2D eigenvalue weighted by atomic mass is 16.3. The molecule has 3 rings (SSSR count). The largest absolute Gasteiger partial charge is 0.472 e. The summed E-state index contributed by atoms with van der Waals surface area (Å²) < 4.78 is 4.99. The topological polar surface area (TPSA) is 62.1 Å². The molecule has 1 atom stereocenters. The summed E-state index contributed by atoms with van der Waals surface area (Å²) in [4.78, 5) is 0. The van der Waals surface area contributed by atoms with Crippen molar-refractivity contribution in [1.29, 1.82) is 0 Å². The fourth-order valence-electron chi connectivity index (χ4n) is 1.95. The number of nitrogens with zero attached hydrogens (tertiary/aromatic N) is 1. The van der Waals surface area contributed by atoms with Crippen LogP contribution in [-0.4, -0.2) is 15.3 Å². The van der Waals surface area contributed by atoms with E-state index in [0.29, 0.717) is 5.56 Å². The van der Waals surface area contributed by atoms with E-state index >= 15 is 0 Å². The first-order chi connectivity index (χ1) is 8.86. The maximum Gasteiger partial charge on any atom is 0.111 e. The van der Waals surface area contributed by atoms with Gasteiger partial charge in [0.1, 0.15) is 6.10 Å². The highest BCUT2D eigenvalue weighted by Gasteiger charge is 2.18. The first-order valence-electron chi connectivity index (χ1n) is 5.65. The van der Waals surface area contributed by atoms with Crippen molar-refractivity contribution in [2.75, 3.05) is 0 Å². The molecule has 0 saturated carbocycles. The molecule has 1 aromatic carbocycles. The average molecular weight is 240 g/mol. The predicted molar refractivity (Wildman–Crippen MR) is 66.8 cm³/mol. The van der Waals surface area contributed by atoms with E-state index < -0.39 is 6.10 Å². The van der Waals surface area contributed by atoms with Crippen LogP contribution in [0, 0.1) is 0 Å². The summed E-state index contributed by atoms with van der Waals surface area (Å²) in [6, 6.07) is 11.5. The molecule has 18 heavy (non-hydrogen) atoms. The maximum absolute atomic E-state index is 10.3. The Hall–Kier alpha value is -2.33. The number of H-pyrrole nitrogens is 1.